The Morgan fingerprint density at radius 3 is 2.23 bits per heavy atom. The molecule has 0 saturated carbocycles. The molecular formula is C26H29F9N6O2. The maximum atomic E-state index is 13.8. The van der Waals surface area contributed by atoms with Crippen molar-refractivity contribution in [3.05, 3.63) is 47.0 Å². The first-order chi connectivity index (χ1) is 19.6. The highest BCUT2D eigenvalue weighted by Crippen LogP contribution is 2.43. The van der Waals surface area contributed by atoms with Crippen LogP contribution in [0, 0.1) is 12.3 Å². The Labute approximate surface area is 239 Å². The number of rotatable bonds is 10. The summed E-state index contributed by atoms with van der Waals surface area (Å²) in [5.41, 5.74) is -1.74. The molecule has 0 bridgehead atoms. The van der Waals surface area contributed by atoms with Crippen LogP contribution in [-0.2, 0) is 11.3 Å². The zero-order valence-electron chi connectivity index (χ0n) is 23.4. The van der Waals surface area contributed by atoms with Gasteiger partial charge >= 0.3 is 18.5 Å². The average Bonchev–Trinajstić information content (AvgIpc) is 3.43. The van der Waals surface area contributed by atoms with Crippen molar-refractivity contribution in [3.8, 4) is 0 Å². The molecule has 3 aromatic rings. The Morgan fingerprint density at radius 1 is 1.00 bits per heavy atom. The van der Waals surface area contributed by atoms with Gasteiger partial charge in [-0.3, -0.25) is 14.3 Å². The van der Waals surface area contributed by atoms with Crippen LogP contribution in [0.25, 0.3) is 11.0 Å². The molecule has 0 radical (unpaired) electrons. The van der Waals surface area contributed by atoms with Gasteiger partial charge < -0.3 is 15.6 Å². The summed E-state index contributed by atoms with van der Waals surface area (Å²) in [4.78, 5) is 32.1. The molecule has 2 heterocycles. The average molecular weight is 629 g/mol. The number of alkyl halides is 9. The van der Waals surface area contributed by atoms with Crippen molar-refractivity contribution in [1.29, 1.82) is 0 Å². The Balaban J connectivity index is 1.89. The molecule has 17 heteroatoms. The Morgan fingerprint density at radius 2 is 1.65 bits per heavy atom. The van der Waals surface area contributed by atoms with Gasteiger partial charge in [0.15, 0.2) is 0 Å². The zero-order chi connectivity index (χ0) is 32.5. The standard InChI is InChI=1S/C26H29F9N6O2/c1-13(37-20(42)7-8-24(27,28)29)15-5-6-17-18(9-15)39-21(38-17)19(10-23(3,4)26(33,34)35)40-22(43)16-11-36-41(14(16)2)12-25(30,31)32/h5-6,9,11,13,19H,7-8,10,12H2,1-4H3,(H,37,42)(H,38,39)(H,40,43)/t13-,19+/m1/s1. The number of amides is 2. The summed E-state index contributed by atoms with van der Waals surface area (Å²) in [6.45, 7) is 3.11. The highest BCUT2D eigenvalue weighted by molar-refractivity contribution is 5.95. The van der Waals surface area contributed by atoms with Crippen LogP contribution >= 0.6 is 0 Å². The van der Waals surface area contributed by atoms with Crippen LogP contribution in [0.15, 0.2) is 24.4 Å². The summed E-state index contributed by atoms with van der Waals surface area (Å²) >= 11 is 0. The number of fused-ring (bicyclic) bond motifs is 1. The first kappa shape index (κ1) is 33.7. The van der Waals surface area contributed by atoms with Crippen molar-refractivity contribution >= 4 is 22.8 Å². The molecule has 2 aromatic heterocycles. The lowest BCUT2D eigenvalue weighted by atomic mass is 9.84. The number of aromatic amines is 1. The van der Waals surface area contributed by atoms with Crippen LogP contribution in [0.2, 0.25) is 0 Å². The molecule has 0 saturated heterocycles. The highest BCUT2D eigenvalue weighted by Gasteiger charge is 2.49. The van der Waals surface area contributed by atoms with E-state index in [1.54, 1.807) is 0 Å². The Hall–Kier alpha value is -3.79. The van der Waals surface area contributed by atoms with Gasteiger partial charge in [0.2, 0.25) is 5.91 Å². The number of carbonyl (C=O) groups excluding carboxylic acids is 2. The van der Waals surface area contributed by atoms with E-state index >= 15 is 0 Å². The van der Waals surface area contributed by atoms with Gasteiger partial charge in [0.1, 0.15) is 12.4 Å². The van der Waals surface area contributed by atoms with E-state index in [-0.39, 0.29) is 22.6 Å². The van der Waals surface area contributed by atoms with Gasteiger partial charge in [-0.1, -0.05) is 19.9 Å². The number of hydrogen-bond donors (Lipinski definition) is 3. The third-order valence-electron chi connectivity index (χ3n) is 6.83. The second kappa shape index (κ2) is 12.1. The van der Waals surface area contributed by atoms with Gasteiger partial charge in [0.05, 0.1) is 46.7 Å². The lowest BCUT2D eigenvalue weighted by molar-refractivity contribution is -0.215. The summed E-state index contributed by atoms with van der Waals surface area (Å²) < 4.78 is 118. The summed E-state index contributed by atoms with van der Waals surface area (Å²) in [6.07, 6.45) is -15.7. The third kappa shape index (κ3) is 8.86. The first-order valence-electron chi connectivity index (χ1n) is 12.9. The number of benzene rings is 1. The SMILES string of the molecule is Cc1c(C(=O)N[C@@H](CC(C)(C)C(F)(F)F)c2nc3ccc([C@@H](C)NC(=O)CCC(F)(F)F)cc3[nH]2)cnn1CC(F)(F)F. The van der Waals surface area contributed by atoms with E-state index in [1.165, 1.54) is 32.0 Å². The fourth-order valence-electron chi connectivity index (χ4n) is 4.21. The summed E-state index contributed by atoms with van der Waals surface area (Å²) in [5, 5.41) is 8.44. The van der Waals surface area contributed by atoms with Crippen molar-refractivity contribution in [2.24, 2.45) is 5.41 Å². The number of carbonyl (C=O) groups is 2. The van der Waals surface area contributed by atoms with E-state index in [9.17, 15) is 49.1 Å². The molecule has 0 aliphatic heterocycles. The van der Waals surface area contributed by atoms with Gasteiger partial charge in [-0.25, -0.2) is 4.98 Å². The monoisotopic (exact) mass is 628 g/mol. The zero-order valence-corrected chi connectivity index (χ0v) is 23.4. The summed E-state index contributed by atoms with van der Waals surface area (Å²) in [5.74, 6) is -1.88. The second-order valence-electron chi connectivity index (χ2n) is 10.8. The van der Waals surface area contributed by atoms with Crippen molar-refractivity contribution in [2.75, 3.05) is 0 Å². The van der Waals surface area contributed by atoms with Gasteiger partial charge in [-0.15, -0.1) is 0 Å². The smallest absolute Gasteiger partial charge is 0.350 e. The van der Waals surface area contributed by atoms with Crippen LogP contribution in [0.4, 0.5) is 39.5 Å². The second-order valence-corrected chi connectivity index (χ2v) is 10.8. The minimum Gasteiger partial charge on any atom is -0.350 e. The fraction of sp³-hybridized carbons (Fsp3) is 0.538. The molecular weight excluding hydrogens is 599 g/mol. The Kier molecular flexibility index (Phi) is 9.46. The molecule has 0 aliphatic rings. The molecule has 238 valence electrons. The number of halogens is 9. The number of hydrogen-bond acceptors (Lipinski definition) is 4. The van der Waals surface area contributed by atoms with Gasteiger partial charge in [0, 0.05) is 12.1 Å². The first-order valence-corrected chi connectivity index (χ1v) is 12.9. The third-order valence-corrected chi connectivity index (χ3v) is 6.83. The number of nitrogens with one attached hydrogen (secondary N) is 3. The Bertz CT molecular complexity index is 1450. The molecule has 1 aromatic carbocycles. The summed E-state index contributed by atoms with van der Waals surface area (Å²) in [6, 6.07) is 2.38. The van der Waals surface area contributed by atoms with Gasteiger partial charge in [-0.05, 0) is 38.0 Å². The van der Waals surface area contributed by atoms with E-state index < -0.39 is 73.6 Å². The molecule has 8 nitrogen and oxygen atoms in total. The maximum Gasteiger partial charge on any atom is 0.408 e. The van der Waals surface area contributed by atoms with E-state index in [4.69, 9.17) is 0 Å². The predicted octanol–water partition coefficient (Wildman–Crippen LogP) is 6.60. The molecule has 2 atom stereocenters. The molecule has 0 fully saturated rings. The van der Waals surface area contributed by atoms with Crippen molar-refractivity contribution < 1.29 is 49.1 Å². The normalized spacial score (nSPS) is 14.5. The molecule has 0 unspecified atom stereocenters. The molecule has 3 N–H and O–H groups in total. The topological polar surface area (TPSA) is 105 Å². The quantitative estimate of drug-likeness (QED) is 0.220. The lowest BCUT2D eigenvalue weighted by Gasteiger charge is -2.31. The maximum absolute atomic E-state index is 13.8. The predicted molar refractivity (Wildman–Crippen MR) is 136 cm³/mol. The minimum atomic E-state index is -4.69. The van der Waals surface area contributed by atoms with Crippen LogP contribution in [0.5, 0.6) is 0 Å². The molecule has 2 amide bonds. The van der Waals surface area contributed by atoms with Crippen LogP contribution in [0.3, 0.4) is 0 Å². The van der Waals surface area contributed by atoms with Gasteiger partial charge in [0.25, 0.3) is 5.91 Å². The number of aromatic nitrogens is 4. The largest absolute Gasteiger partial charge is 0.408 e. The van der Waals surface area contributed by atoms with E-state index in [0.29, 0.717) is 15.8 Å². The minimum absolute atomic E-state index is 0.0833. The summed E-state index contributed by atoms with van der Waals surface area (Å²) in [7, 11) is 0. The molecule has 0 spiro atoms. The highest BCUT2D eigenvalue weighted by atomic mass is 19.4. The van der Waals surface area contributed by atoms with E-state index in [0.717, 1.165) is 20.0 Å². The van der Waals surface area contributed by atoms with Crippen molar-refractivity contribution in [3.63, 3.8) is 0 Å². The van der Waals surface area contributed by atoms with Crippen molar-refractivity contribution in [2.45, 2.75) is 84.1 Å². The van der Waals surface area contributed by atoms with Crippen LogP contribution in [-0.4, -0.2) is 50.1 Å². The molecule has 0 aliphatic carbocycles. The molecule has 43 heavy (non-hydrogen) atoms. The fourth-order valence-corrected chi connectivity index (χ4v) is 4.21. The van der Waals surface area contributed by atoms with Crippen molar-refractivity contribution in [1.82, 2.24) is 30.4 Å². The number of nitrogens with zero attached hydrogens (tertiary/aromatic N) is 3. The van der Waals surface area contributed by atoms with E-state index in [1.807, 2.05) is 0 Å². The van der Waals surface area contributed by atoms with Crippen LogP contribution < -0.4 is 10.6 Å². The lowest BCUT2D eigenvalue weighted by Crippen LogP contribution is -2.39. The van der Waals surface area contributed by atoms with Crippen LogP contribution in [0.1, 0.15) is 79.6 Å². The molecule has 3 rings (SSSR count). The van der Waals surface area contributed by atoms with Gasteiger partial charge in [-0.2, -0.15) is 44.6 Å². The number of H-pyrrole nitrogens is 1. The van der Waals surface area contributed by atoms with E-state index in [2.05, 4.69) is 25.7 Å². The number of imidazole rings is 1.